The fraction of sp³-hybridized carbons (Fsp3) is 0.280. The molecule has 2 amide bonds. The van der Waals surface area contributed by atoms with E-state index in [4.69, 9.17) is 5.41 Å². The summed E-state index contributed by atoms with van der Waals surface area (Å²) in [6, 6.07) is 14.9. The number of rotatable bonds is 5. The summed E-state index contributed by atoms with van der Waals surface area (Å²) in [5, 5.41) is 16.5. The van der Waals surface area contributed by atoms with E-state index in [1.807, 2.05) is 76.2 Å². The highest BCUT2D eigenvalue weighted by Crippen LogP contribution is 2.25. The maximum atomic E-state index is 12.9. The van der Waals surface area contributed by atoms with Crippen molar-refractivity contribution in [2.75, 3.05) is 10.3 Å². The number of carbonyl (C=O) groups is 2. The molecule has 0 saturated heterocycles. The normalized spacial score (nSPS) is 15.2. The highest BCUT2D eigenvalue weighted by molar-refractivity contribution is 6.30. The standard InChI is InChI=1S/C23H24N4O2.C2H6/c1-14-5-9-18(10-6-14)25-22(28)20(16(3)24)13-21-17(4)26-27(23(21)29)19-11-7-15(2)8-12-19;1-2/h5-13,20,24H,1-4H3,(H,25,28);1-2H3/b21-13-,24-16?;. The lowest BCUT2D eigenvalue weighted by molar-refractivity contribution is -0.117. The summed E-state index contributed by atoms with van der Waals surface area (Å²) in [5.41, 5.74) is 4.49. The number of aryl methyl sites for hydroxylation is 2. The molecule has 1 aliphatic rings. The van der Waals surface area contributed by atoms with E-state index in [0.29, 0.717) is 22.7 Å². The Bertz CT molecular complexity index is 1020. The minimum Gasteiger partial charge on any atom is -0.325 e. The number of benzene rings is 2. The molecular weight excluding hydrogens is 388 g/mol. The third kappa shape index (κ3) is 5.75. The molecule has 1 atom stereocenters. The molecule has 0 aromatic heterocycles. The van der Waals surface area contributed by atoms with E-state index < -0.39 is 5.92 Å². The van der Waals surface area contributed by atoms with Crippen LogP contribution in [-0.4, -0.2) is 23.2 Å². The first-order valence-corrected chi connectivity index (χ1v) is 10.4. The molecule has 1 unspecified atom stereocenters. The molecule has 3 rings (SSSR count). The molecule has 0 spiro atoms. The minimum absolute atomic E-state index is 0.150. The lowest BCUT2D eigenvalue weighted by Crippen LogP contribution is -2.28. The second-order valence-corrected chi connectivity index (χ2v) is 7.23. The molecule has 6 nitrogen and oxygen atoms in total. The molecule has 2 N–H and O–H groups in total. The molecular formula is C25H30N4O2. The molecule has 0 fully saturated rings. The largest absolute Gasteiger partial charge is 0.325 e. The Morgan fingerprint density at radius 1 is 1.00 bits per heavy atom. The van der Waals surface area contributed by atoms with E-state index in [9.17, 15) is 9.59 Å². The highest BCUT2D eigenvalue weighted by Gasteiger charge is 2.31. The Balaban J connectivity index is 0.00000166. The number of nitrogens with zero attached hydrogens (tertiary/aromatic N) is 2. The quantitative estimate of drug-likeness (QED) is 0.512. The molecule has 2 aromatic rings. The SMILES string of the molecule is CC.CC(=N)C(/C=C1\C(=O)N(c2ccc(C)cc2)N=C1C)C(=O)Nc1ccc(C)cc1. The lowest BCUT2D eigenvalue weighted by Gasteiger charge is -2.14. The van der Waals surface area contributed by atoms with Gasteiger partial charge in [-0.25, -0.2) is 0 Å². The van der Waals surface area contributed by atoms with Crippen molar-refractivity contribution in [1.82, 2.24) is 0 Å². The molecule has 162 valence electrons. The van der Waals surface area contributed by atoms with E-state index in [1.54, 1.807) is 13.8 Å². The Kier molecular flexibility index (Phi) is 8.02. The van der Waals surface area contributed by atoms with Crippen molar-refractivity contribution < 1.29 is 9.59 Å². The highest BCUT2D eigenvalue weighted by atomic mass is 16.2. The van der Waals surface area contributed by atoms with Crippen LogP contribution in [0.4, 0.5) is 11.4 Å². The summed E-state index contributed by atoms with van der Waals surface area (Å²) in [4.78, 5) is 25.7. The molecule has 0 aliphatic carbocycles. The van der Waals surface area contributed by atoms with Gasteiger partial charge in [0.1, 0.15) is 0 Å². The first kappa shape index (κ1) is 23.7. The molecule has 31 heavy (non-hydrogen) atoms. The van der Waals surface area contributed by atoms with Crippen molar-refractivity contribution in [3.8, 4) is 0 Å². The van der Waals surface area contributed by atoms with Gasteiger partial charge in [0, 0.05) is 11.4 Å². The van der Waals surface area contributed by atoms with Gasteiger partial charge >= 0.3 is 0 Å². The van der Waals surface area contributed by atoms with Crippen LogP contribution in [0.2, 0.25) is 0 Å². The van der Waals surface area contributed by atoms with E-state index in [2.05, 4.69) is 10.4 Å². The molecule has 2 aromatic carbocycles. The van der Waals surface area contributed by atoms with Crippen molar-refractivity contribution in [2.45, 2.75) is 41.5 Å². The van der Waals surface area contributed by atoms with E-state index >= 15 is 0 Å². The van der Waals surface area contributed by atoms with E-state index in [1.165, 1.54) is 11.1 Å². The molecule has 0 saturated carbocycles. The summed E-state index contributed by atoms with van der Waals surface area (Å²) in [6.45, 7) is 11.2. The molecule has 0 radical (unpaired) electrons. The Morgan fingerprint density at radius 3 is 2.03 bits per heavy atom. The van der Waals surface area contributed by atoms with Gasteiger partial charge in [0.25, 0.3) is 5.91 Å². The average molecular weight is 419 g/mol. The monoisotopic (exact) mass is 418 g/mol. The number of hydrazone groups is 1. The summed E-state index contributed by atoms with van der Waals surface area (Å²) >= 11 is 0. The van der Waals surface area contributed by atoms with Gasteiger partial charge in [0.05, 0.1) is 22.9 Å². The van der Waals surface area contributed by atoms with E-state index in [-0.39, 0.29) is 17.5 Å². The van der Waals surface area contributed by atoms with Crippen molar-refractivity contribution >= 4 is 34.6 Å². The van der Waals surface area contributed by atoms with Crippen LogP contribution in [0.1, 0.15) is 38.8 Å². The predicted molar refractivity (Wildman–Crippen MR) is 128 cm³/mol. The van der Waals surface area contributed by atoms with Crippen LogP contribution in [0.5, 0.6) is 0 Å². The predicted octanol–water partition coefficient (Wildman–Crippen LogP) is 5.27. The summed E-state index contributed by atoms with van der Waals surface area (Å²) < 4.78 is 0. The zero-order valence-electron chi connectivity index (χ0n) is 19.0. The number of nitrogens with one attached hydrogen (secondary N) is 2. The minimum atomic E-state index is -0.863. The van der Waals surface area contributed by atoms with Crippen molar-refractivity contribution in [3.05, 3.63) is 71.3 Å². The first-order chi connectivity index (χ1) is 14.8. The number of hydrogen-bond donors (Lipinski definition) is 2. The smallest absolute Gasteiger partial charge is 0.280 e. The molecule has 1 aliphatic heterocycles. The number of anilines is 2. The Morgan fingerprint density at radius 2 is 1.52 bits per heavy atom. The summed E-state index contributed by atoms with van der Waals surface area (Å²) in [7, 11) is 0. The van der Waals surface area contributed by atoms with Gasteiger partial charge in [0.2, 0.25) is 5.91 Å². The van der Waals surface area contributed by atoms with Crippen LogP contribution < -0.4 is 10.3 Å². The number of amides is 2. The first-order valence-electron chi connectivity index (χ1n) is 10.4. The zero-order chi connectivity index (χ0) is 23.1. The Hall–Kier alpha value is -3.54. The topological polar surface area (TPSA) is 85.6 Å². The van der Waals surface area contributed by atoms with Crippen molar-refractivity contribution in [2.24, 2.45) is 11.0 Å². The van der Waals surface area contributed by atoms with Crippen molar-refractivity contribution in [1.29, 1.82) is 5.41 Å². The third-order valence-corrected chi connectivity index (χ3v) is 4.74. The zero-order valence-corrected chi connectivity index (χ0v) is 19.0. The Labute approximate surface area is 184 Å². The van der Waals surface area contributed by atoms with Crippen molar-refractivity contribution in [3.63, 3.8) is 0 Å². The van der Waals surface area contributed by atoms with Gasteiger partial charge in [-0.2, -0.15) is 10.1 Å². The molecule has 0 bridgehead atoms. The fourth-order valence-electron chi connectivity index (χ4n) is 2.99. The lowest BCUT2D eigenvalue weighted by atomic mass is 9.97. The van der Waals surface area contributed by atoms with Gasteiger partial charge < -0.3 is 10.7 Å². The van der Waals surface area contributed by atoms with Crippen LogP contribution in [0.15, 0.2) is 65.3 Å². The van der Waals surface area contributed by atoms with Crippen LogP contribution >= 0.6 is 0 Å². The van der Waals surface area contributed by atoms with Gasteiger partial charge in [-0.3, -0.25) is 9.59 Å². The number of carbonyl (C=O) groups excluding carboxylic acids is 2. The van der Waals surface area contributed by atoms with Crippen LogP contribution in [0.3, 0.4) is 0 Å². The second kappa shape index (κ2) is 10.5. The van der Waals surface area contributed by atoms with E-state index in [0.717, 1.165) is 11.1 Å². The van der Waals surface area contributed by atoms with Gasteiger partial charge in [-0.1, -0.05) is 55.3 Å². The van der Waals surface area contributed by atoms with Crippen LogP contribution in [-0.2, 0) is 9.59 Å². The number of hydrogen-bond acceptors (Lipinski definition) is 4. The van der Waals surface area contributed by atoms with Crippen LogP contribution in [0.25, 0.3) is 0 Å². The maximum Gasteiger partial charge on any atom is 0.280 e. The third-order valence-electron chi connectivity index (χ3n) is 4.74. The second-order valence-electron chi connectivity index (χ2n) is 7.23. The summed E-state index contributed by atoms with van der Waals surface area (Å²) in [6.07, 6.45) is 1.53. The fourth-order valence-corrected chi connectivity index (χ4v) is 2.99. The van der Waals surface area contributed by atoms with Gasteiger partial charge in [-0.15, -0.1) is 0 Å². The molecule has 6 heteroatoms. The molecule has 1 heterocycles. The summed E-state index contributed by atoms with van der Waals surface area (Å²) in [5.74, 6) is -1.53. The average Bonchev–Trinajstić information content (AvgIpc) is 3.03. The maximum absolute atomic E-state index is 12.9. The van der Waals surface area contributed by atoms with Gasteiger partial charge in [0.15, 0.2) is 0 Å². The van der Waals surface area contributed by atoms with Crippen LogP contribution in [0, 0.1) is 25.2 Å². The van der Waals surface area contributed by atoms with Gasteiger partial charge in [-0.05, 0) is 52.0 Å².